The predicted molar refractivity (Wildman–Crippen MR) is 117 cm³/mol. The number of carbonyl (C=O) groups is 4. The highest BCUT2D eigenvalue weighted by Crippen LogP contribution is 2.14. The summed E-state index contributed by atoms with van der Waals surface area (Å²) in [5, 5.41) is 20.7. The largest absolute Gasteiger partial charge is 0.475 e. The number of hydrogen-bond donors (Lipinski definition) is 6. The van der Waals surface area contributed by atoms with E-state index in [4.69, 9.17) is 10.2 Å². The van der Waals surface area contributed by atoms with Crippen molar-refractivity contribution in [1.29, 1.82) is 0 Å². The van der Waals surface area contributed by atoms with Gasteiger partial charge >= 0.3 is 24.0 Å². The van der Waals surface area contributed by atoms with E-state index in [1.807, 2.05) is 0 Å². The Morgan fingerprint density at radius 1 is 0.639 bits per heavy atom. The van der Waals surface area contributed by atoms with Crippen LogP contribution in [0.3, 0.4) is 0 Å². The minimum Gasteiger partial charge on any atom is -0.475 e. The number of carbonyl (C=O) groups excluding carboxylic acids is 2. The van der Waals surface area contributed by atoms with Crippen molar-refractivity contribution in [3.05, 3.63) is 35.8 Å². The first-order chi connectivity index (χ1) is 16.8. The van der Waals surface area contributed by atoms with E-state index in [1.165, 1.54) is 0 Å². The standard InChI is InChI=1S/C18H22N4O12S2/c23-15(24)11-5-7-13(33-11)35(29,30)21-17(27)19-9-3-1-2-4-10-20-18(28)22-36(31,32)14-8-6-12(34-14)16(25)26/h5-8H,1-4,9-10H2,(H,23,24)(H,25,26)(H2,19,21,27)(H2,20,22,28). The van der Waals surface area contributed by atoms with Gasteiger partial charge < -0.3 is 29.7 Å². The van der Waals surface area contributed by atoms with Gasteiger partial charge in [-0.2, -0.15) is 16.8 Å². The van der Waals surface area contributed by atoms with Crippen LogP contribution >= 0.6 is 0 Å². The van der Waals surface area contributed by atoms with Crippen molar-refractivity contribution in [3.8, 4) is 0 Å². The highest BCUT2D eigenvalue weighted by molar-refractivity contribution is 7.90. The molecule has 0 aliphatic rings. The number of carboxylic acid groups (broad SMARTS) is 2. The molecule has 2 rings (SSSR count). The van der Waals surface area contributed by atoms with Gasteiger partial charge in [0.2, 0.25) is 21.7 Å². The van der Waals surface area contributed by atoms with Gasteiger partial charge in [-0.05, 0) is 37.1 Å². The fourth-order valence-corrected chi connectivity index (χ4v) is 4.31. The molecule has 0 radical (unpaired) electrons. The van der Waals surface area contributed by atoms with E-state index in [0.717, 1.165) is 24.3 Å². The van der Waals surface area contributed by atoms with Gasteiger partial charge in [0.25, 0.3) is 20.0 Å². The summed E-state index contributed by atoms with van der Waals surface area (Å²) in [6, 6.07) is 1.60. The first kappa shape index (κ1) is 28.2. The summed E-state index contributed by atoms with van der Waals surface area (Å²) >= 11 is 0. The van der Waals surface area contributed by atoms with E-state index in [2.05, 4.69) is 19.5 Å². The molecule has 0 aromatic carbocycles. The highest BCUT2D eigenvalue weighted by Gasteiger charge is 2.24. The van der Waals surface area contributed by atoms with Crippen LogP contribution < -0.4 is 20.1 Å². The zero-order chi connectivity index (χ0) is 26.9. The molecule has 16 nitrogen and oxygen atoms in total. The third kappa shape index (κ3) is 8.31. The van der Waals surface area contributed by atoms with Gasteiger partial charge in [0.15, 0.2) is 0 Å². The minimum absolute atomic E-state index is 0.119. The molecule has 2 heterocycles. The molecule has 0 bridgehead atoms. The number of furan rings is 2. The lowest BCUT2D eigenvalue weighted by Gasteiger charge is -2.08. The van der Waals surface area contributed by atoms with Gasteiger partial charge in [-0.15, -0.1) is 0 Å². The van der Waals surface area contributed by atoms with E-state index in [0.29, 0.717) is 25.7 Å². The number of nitrogens with one attached hydrogen (secondary N) is 4. The molecule has 2 aromatic rings. The van der Waals surface area contributed by atoms with Crippen LogP contribution in [0.1, 0.15) is 46.8 Å². The van der Waals surface area contributed by atoms with Crippen LogP contribution in [0.25, 0.3) is 0 Å². The normalized spacial score (nSPS) is 11.4. The van der Waals surface area contributed by atoms with Gasteiger partial charge in [-0.3, -0.25) is 0 Å². The number of unbranched alkanes of at least 4 members (excludes halogenated alkanes) is 3. The molecular weight excluding hydrogens is 528 g/mol. The third-order valence-corrected chi connectivity index (χ3v) is 6.65. The summed E-state index contributed by atoms with van der Waals surface area (Å²) in [7, 11) is -8.76. The summed E-state index contributed by atoms with van der Waals surface area (Å²) in [6.07, 6.45) is 2.09. The first-order valence-corrected chi connectivity index (χ1v) is 13.1. The topological polar surface area (TPSA) is 251 Å². The van der Waals surface area contributed by atoms with Gasteiger partial charge in [0.05, 0.1) is 0 Å². The zero-order valence-electron chi connectivity index (χ0n) is 18.3. The van der Waals surface area contributed by atoms with Gasteiger partial charge in [0, 0.05) is 13.1 Å². The summed E-state index contributed by atoms with van der Waals surface area (Å²) in [4.78, 5) is 44.9. The van der Waals surface area contributed by atoms with Crippen LogP contribution in [0.5, 0.6) is 0 Å². The Morgan fingerprint density at radius 3 is 1.31 bits per heavy atom. The summed E-state index contributed by atoms with van der Waals surface area (Å²) in [5.41, 5.74) is 0. The van der Waals surface area contributed by atoms with E-state index < -0.39 is 65.8 Å². The van der Waals surface area contributed by atoms with E-state index in [1.54, 1.807) is 9.44 Å². The lowest BCUT2D eigenvalue weighted by molar-refractivity contribution is 0.0646. The molecule has 6 N–H and O–H groups in total. The molecule has 36 heavy (non-hydrogen) atoms. The molecule has 198 valence electrons. The van der Waals surface area contributed by atoms with Crippen LogP contribution in [0.4, 0.5) is 9.59 Å². The maximum Gasteiger partial charge on any atom is 0.371 e. The van der Waals surface area contributed by atoms with Gasteiger partial charge in [-0.25, -0.2) is 28.6 Å². The molecule has 0 saturated carbocycles. The highest BCUT2D eigenvalue weighted by atomic mass is 32.2. The average molecular weight is 551 g/mol. The molecule has 0 aliphatic carbocycles. The second-order valence-electron chi connectivity index (χ2n) is 6.98. The van der Waals surface area contributed by atoms with Crippen molar-refractivity contribution >= 4 is 44.0 Å². The number of urea groups is 2. The summed E-state index contributed by atoms with van der Waals surface area (Å²) in [6.45, 7) is 0.237. The number of rotatable bonds is 13. The fourth-order valence-electron chi connectivity index (χ4n) is 2.58. The van der Waals surface area contributed by atoms with E-state index in [-0.39, 0.29) is 13.1 Å². The molecule has 2 aromatic heterocycles. The molecule has 0 atom stereocenters. The summed E-state index contributed by atoms with van der Waals surface area (Å²) in [5.74, 6) is -4.13. The molecular formula is C18H22N4O12S2. The maximum atomic E-state index is 12.0. The monoisotopic (exact) mass is 550 g/mol. The number of amides is 4. The third-order valence-electron chi connectivity index (χ3n) is 4.24. The van der Waals surface area contributed by atoms with Crippen molar-refractivity contribution in [1.82, 2.24) is 20.1 Å². The SMILES string of the molecule is O=C(NCCCCCCNC(=O)NS(=O)(=O)c1ccc(C(=O)O)o1)NS(=O)(=O)c1ccc(C(=O)O)o1. The fraction of sp³-hybridized carbons (Fsp3) is 0.333. The van der Waals surface area contributed by atoms with Crippen molar-refractivity contribution in [3.63, 3.8) is 0 Å². The number of hydrogen-bond acceptors (Lipinski definition) is 10. The van der Waals surface area contributed by atoms with Crippen LogP contribution in [-0.2, 0) is 20.0 Å². The lowest BCUT2D eigenvalue weighted by atomic mass is 10.2. The molecule has 18 heteroatoms. The predicted octanol–water partition coefficient (Wildman–Crippen LogP) is 0.505. The Hall–Kier alpha value is -4.06. The van der Waals surface area contributed by atoms with Gasteiger partial charge in [0.1, 0.15) is 0 Å². The van der Waals surface area contributed by atoms with Crippen LogP contribution in [0.15, 0.2) is 43.3 Å². The Bertz CT molecular complexity index is 1220. The summed E-state index contributed by atoms with van der Waals surface area (Å²) < 4.78 is 60.5. The van der Waals surface area contributed by atoms with Crippen LogP contribution in [0.2, 0.25) is 0 Å². The van der Waals surface area contributed by atoms with Crippen molar-refractivity contribution in [2.75, 3.05) is 13.1 Å². The Morgan fingerprint density at radius 2 is 1.00 bits per heavy atom. The lowest BCUT2D eigenvalue weighted by Crippen LogP contribution is -2.39. The Balaban J connectivity index is 1.60. The van der Waals surface area contributed by atoms with Crippen LogP contribution in [0, 0.1) is 0 Å². The molecule has 0 aliphatic heterocycles. The Labute approximate surface area is 204 Å². The van der Waals surface area contributed by atoms with E-state index >= 15 is 0 Å². The van der Waals surface area contributed by atoms with Gasteiger partial charge in [-0.1, -0.05) is 12.8 Å². The smallest absolute Gasteiger partial charge is 0.371 e. The molecule has 0 fully saturated rings. The second-order valence-corrected chi connectivity index (χ2v) is 10.2. The minimum atomic E-state index is -4.38. The zero-order valence-corrected chi connectivity index (χ0v) is 20.0. The second kappa shape index (κ2) is 12.1. The number of aromatic carboxylic acids is 2. The quantitative estimate of drug-likeness (QED) is 0.187. The molecule has 4 amide bonds. The first-order valence-electron chi connectivity index (χ1n) is 10.1. The average Bonchev–Trinajstić information content (AvgIpc) is 3.46. The number of sulfonamides is 2. The van der Waals surface area contributed by atoms with Crippen molar-refractivity contribution in [2.45, 2.75) is 35.9 Å². The molecule has 0 spiro atoms. The number of carboxylic acids is 2. The maximum absolute atomic E-state index is 12.0. The molecule has 0 unspecified atom stereocenters. The van der Waals surface area contributed by atoms with Crippen LogP contribution in [-0.4, -0.2) is 64.1 Å². The van der Waals surface area contributed by atoms with Crippen molar-refractivity contribution < 1.29 is 55.1 Å². The molecule has 0 saturated heterocycles. The Kier molecular flexibility index (Phi) is 9.45. The van der Waals surface area contributed by atoms with E-state index in [9.17, 15) is 36.0 Å². The van der Waals surface area contributed by atoms with Crippen molar-refractivity contribution in [2.24, 2.45) is 0 Å².